The zero-order chi connectivity index (χ0) is 11.0. The molecule has 3 atom stereocenters. The molecule has 0 spiro atoms. The third-order valence-electron chi connectivity index (χ3n) is 4.05. The van der Waals surface area contributed by atoms with E-state index in [-0.39, 0.29) is 6.10 Å². The van der Waals surface area contributed by atoms with Gasteiger partial charge < -0.3 is 5.11 Å². The lowest BCUT2D eigenvalue weighted by atomic mass is 10.1. The van der Waals surface area contributed by atoms with Gasteiger partial charge in [0, 0.05) is 31.7 Å². The maximum absolute atomic E-state index is 9.92. The van der Waals surface area contributed by atoms with E-state index < -0.39 is 0 Å². The lowest BCUT2D eigenvalue weighted by molar-refractivity contribution is 0.0228. The Kier molecular flexibility index (Phi) is 3.33. The quantitative estimate of drug-likeness (QED) is 0.749. The van der Waals surface area contributed by atoms with Crippen LogP contribution in [0.15, 0.2) is 0 Å². The molecule has 2 rings (SSSR count). The molecule has 0 aromatic rings. The summed E-state index contributed by atoms with van der Waals surface area (Å²) in [6, 6.07) is 1.22. The maximum Gasteiger partial charge on any atom is 0.0695 e. The molecule has 1 aliphatic heterocycles. The largest absolute Gasteiger partial charge is 0.392 e. The highest BCUT2D eigenvalue weighted by Gasteiger charge is 2.33. The van der Waals surface area contributed by atoms with Gasteiger partial charge in [-0.25, -0.2) is 0 Å². The van der Waals surface area contributed by atoms with Crippen LogP contribution in [0.3, 0.4) is 0 Å². The van der Waals surface area contributed by atoms with Gasteiger partial charge in [-0.2, -0.15) is 0 Å². The van der Waals surface area contributed by atoms with Crippen molar-refractivity contribution < 1.29 is 5.11 Å². The molecule has 1 saturated heterocycles. The summed E-state index contributed by atoms with van der Waals surface area (Å²) in [6.45, 7) is 7.63. The smallest absolute Gasteiger partial charge is 0.0695 e. The highest BCUT2D eigenvalue weighted by Crippen LogP contribution is 2.33. The van der Waals surface area contributed by atoms with E-state index in [2.05, 4.69) is 30.7 Å². The molecule has 1 N–H and O–H groups in total. The first kappa shape index (κ1) is 11.4. The van der Waals surface area contributed by atoms with E-state index in [1.54, 1.807) is 0 Å². The number of hydrogen-bond donors (Lipinski definition) is 1. The molecule has 15 heavy (non-hydrogen) atoms. The van der Waals surface area contributed by atoms with Gasteiger partial charge in [-0.1, -0.05) is 0 Å². The van der Waals surface area contributed by atoms with Crippen LogP contribution in [-0.2, 0) is 0 Å². The lowest BCUT2D eigenvalue weighted by Gasteiger charge is -2.43. The Morgan fingerprint density at radius 1 is 1.20 bits per heavy atom. The van der Waals surface area contributed by atoms with Crippen LogP contribution >= 0.6 is 0 Å². The number of nitrogens with zero attached hydrogens (tertiary/aromatic N) is 2. The summed E-state index contributed by atoms with van der Waals surface area (Å²) in [5.74, 6) is 0.607. The molecule has 1 saturated carbocycles. The molecule has 0 radical (unpaired) electrons. The van der Waals surface area contributed by atoms with E-state index in [0.29, 0.717) is 18.0 Å². The van der Waals surface area contributed by atoms with Crippen molar-refractivity contribution in [3.8, 4) is 0 Å². The second kappa shape index (κ2) is 4.40. The summed E-state index contributed by atoms with van der Waals surface area (Å²) in [5.41, 5.74) is 0. The minimum Gasteiger partial charge on any atom is -0.392 e. The van der Waals surface area contributed by atoms with Crippen LogP contribution in [0.2, 0.25) is 0 Å². The summed E-state index contributed by atoms with van der Waals surface area (Å²) in [5, 5.41) is 9.92. The summed E-state index contributed by atoms with van der Waals surface area (Å²) in [4.78, 5) is 4.86. The summed E-state index contributed by atoms with van der Waals surface area (Å²) >= 11 is 0. The molecule has 1 heterocycles. The lowest BCUT2D eigenvalue weighted by Crippen LogP contribution is -2.56. The predicted molar refractivity (Wildman–Crippen MR) is 61.9 cm³/mol. The fraction of sp³-hybridized carbons (Fsp3) is 1.00. The zero-order valence-corrected chi connectivity index (χ0v) is 10.2. The Balaban J connectivity index is 1.82. The van der Waals surface area contributed by atoms with E-state index in [1.807, 2.05) is 0 Å². The number of piperazine rings is 1. The molecule has 0 amide bonds. The Hall–Kier alpha value is -0.120. The average Bonchev–Trinajstić information content (AvgIpc) is 2.96. The standard InChI is InChI=1S/C12H24N2O/c1-9-6-14(7-10(2)13(9)3)8-12(15)11-4-5-11/h9-12,15H,4-8H2,1-3H3. The molecule has 2 fully saturated rings. The summed E-state index contributed by atoms with van der Waals surface area (Å²) in [7, 11) is 2.20. The number of aliphatic hydroxyl groups excluding tert-OH is 1. The van der Waals surface area contributed by atoms with Gasteiger partial charge in [0.1, 0.15) is 0 Å². The van der Waals surface area contributed by atoms with Crippen LogP contribution in [0.25, 0.3) is 0 Å². The molecule has 0 bridgehead atoms. The van der Waals surface area contributed by atoms with Gasteiger partial charge >= 0.3 is 0 Å². The molecule has 0 aromatic carbocycles. The molecule has 3 heteroatoms. The normalized spacial score (nSPS) is 36.8. The maximum atomic E-state index is 9.92. The van der Waals surface area contributed by atoms with Crippen LogP contribution in [0.5, 0.6) is 0 Å². The third-order valence-corrected chi connectivity index (χ3v) is 4.05. The van der Waals surface area contributed by atoms with Crippen molar-refractivity contribution in [2.24, 2.45) is 5.92 Å². The molecule has 3 unspecified atom stereocenters. The van der Waals surface area contributed by atoms with Gasteiger partial charge in [-0.05, 0) is 39.7 Å². The number of rotatable bonds is 3. The molecule has 1 aliphatic carbocycles. The van der Waals surface area contributed by atoms with Gasteiger partial charge in [0.25, 0.3) is 0 Å². The minimum absolute atomic E-state index is 0.0761. The molecule has 3 nitrogen and oxygen atoms in total. The van der Waals surface area contributed by atoms with Crippen molar-refractivity contribution in [1.29, 1.82) is 0 Å². The number of likely N-dealkylation sites (N-methyl/N-ethyl adjacent to an activating group) is 1. The first-order valence-electron chi connectivity index (χ1n) is 6.20. The molecule has 0 aromatic heterocycles. The van der Waals surface area contributed by atoms with Crippen molar-refractivity contribution >= 4 is 0 Å². The highest BCUT2D eigenvalue weighted by atomic mass is 16.3. The zero-order valence-electron chi connectivity index (χ0n) is 10.2. The van der Waals surface area contributed by atoms with Crippen LogP contribution in [0.4, 0.5) is 0 Å². The molecule has 88 valence electrons. The van der Waals surface area contributed by atoms with Gasteiger partial charge in [-0.3, -0.25) is 9.80 Å². The Morgan fingerprint density at radius 2 is 1.73 bits per heavy atom. The Morgan fingerprint density at radius 3 is 2.20 bits per heavy atom. The Labute approximate surface area is 93.1 Å². The van der Waals surface area contributed by atoms with E-state index >= 15 is 0 Å². The molecular weight excluding hydrogens is 188 g/mol. The highest BCUT2D eigenvalue weighted by molar-refractivity contribution is 4.87. The summed E-state index contributed by atoms with van der Waals surface area (Å²) in [6.07, 6.45) is 2.40. The molecule has 2 aliphatic rings. The van der Waals surface area contributed by atoms with Gasteiger partial charge in [0.05, 0.1) is 6.10 Å². The van der Waals surface area contributed by atoms with E-state index in [9.17, 15) is 5.11 Å². The minimum atomic E-state index is -0.0761. The topological polar surface area (TPSA) is 26.7 Å². The van der Waals surface area contributed by atoms with Crippen molar-refractivity contribution in [1.82, 2.24) is 9.80 Å². The van der Waals surface area contributed by atoms with Crippen LogP contribution in [0.1, 0.15) is 26.7 Å². The van der Waals surface area contributed by atoms with Gasteiger partial charge in [0.2, 0.25) is 0 Å². The monoisotopic (exact) mass is 212 g/mol. The van der Waals surface area contributed by atoms with Crippen molar-refractivity contribution in [3.63, 3.8) is 0 Å². The van der Waals surface area contributed by atoms with Crippen molar-refractivity contribution in [2.75, 3.05) is 26.7 Å². The SMILES string of the molecule is CC1CN(CC(O)C2CC2)CC(C)N1C. The number of hydrogen-bond acceptors (Lipinski definition) is 3. The second-order valence-corrected chi connectivity index (χ2v) is 5.49. The van der Waals surface area contributed by atoms with E-state index in [4.69, 9.17) is 0 Å². The van der Waals surface area contributed by atoms with E-state index in [1.165, 1.54) is 12.8 Å². The fourth-order valence-electron chi connectivity index (χ4n) is 2.56. The summed E-state index contributed by atoms with van der Waals surface area (Å²) < 4.78 is 0. The van der Waals surface area contributed by atoms with Crippen LogP contribution in [-0.4, -0.2) is 59.8 Å². The Bertz CT molecular complexity index is 206. The van der Waals surface area contributed by atoms with Crippen molar-refractivity contribution in [2.45, 2.75) is 44.9 Å². The van der Waals surface area contributed by atoms with E-state index in [0.717, 1.165) is 19.6 Å². The number of aliphatic hydroxyl groups is 1. The molecular formula is C12H24N2O. The number of β-amino-alcohol motifs (C(OH)–C–C–N with tert-alkyl or cyclic N) is 1. The first-order valence-corrected chi connectivity index (χ1v) is 6.20. The average molecular weight is 212 g/mol. The van der Waals surface area contributed by atoms with Gasteiger partial charge in [-0.15, -0.1) is 0 Å². The second-order valence-electron chi connectivity index (χ2n) is 5.49. The fourth-order valence-corrected chi connectivity index (χ4v) is 2.56. The van der Waals surface area contributed by atoms with Gasteiger partial charge in [0.15, 0.2) is 0 Å². The van der Waals surface area contributed by atoms with Crippen LogP contribution < -0.4 is 0 Å². The predicted octanol–water partition coefficient (Wildman–Crippen LogP) is 0.782. The van der Waals surface area contributed by atoms with Crippen molar-refractivity contribution in [3.05, 3.63) is 0 Å². The first-order chi connectivity index (χ1) is 7.08. The van der Waals surface area contributed by atoms with Crippen LogP contribution in [0, 0.1) is 5.92 Å². The third kappa shape index (κ3) is 2.71.